The minimum atomic E-state index is -0.121. The van der Waals surface area contributed by atoms with E-state index in [9.17, 15) is 4.79 Å². The second kappa shape index (κ2) is 2.70. The van der Waals surface area contributed by atoms with Crippen molar-refractivity contribution in [3.05, 3.63) is 11.6 Å². The van der Waals surface area contributed by atoms with E-state index in [1.54, 1.807) is 0 Å². The van der Waals surface area contributed by atoms with Gasteiger partial charge in [0.1, 0.15) is 0 Å². The van der Waals surface area contributed by atoms with Crippen molar-refractivity contribution in [2.75, 3.05) is 0 Å². The summed E-state index contributed by atoms with van der Waals surface area (Å²) < 4.78 is 0. The van der Waals surface area contributed by atoms with Crippen LogP contribution in [0.15, 0.2) is 11.6 Å². The van der Waals surface area contributed by atoms with Gasteiger partial charge in [-0.25, -0.2) is 0 Å². The van der Waals surface area contributed by atoms with Crippen LogP contribution in [-0.4, -0.2) is 5.78 Å². The van der Waals surface area contributed by atoms with Crippen molar-refractivity contribution in [2.45, 2.75) is 32.6 Å². The maximum absolute atomic E-state index is 11.6. The van der Waals surface area contributed by atoms with E-state index in [1.165, 1.54) is 0 Å². The lowest BCUT2D eigenvalue weighted by Crippen LogP contribution is -2.25. The maximum Gasteiger partial charge on any atom is 0.160 e. The predicted molar refractivity (Wildman–Crippen MR) is 48.8 cm³/mol. The van der Waals surface area contributed by atoms with Gasteiger partial charge in [0.2, 0.25) is 0 Å². The fourth-order valence-corrected chi connectivity index (χ4v) is 2.59. The molecule has 1 saturated carbocycles. The summed E-state index contributed by atoms with van der Waals surface area (Å²) in [5, 5.41) is 8.96. The summed E-state index contributed by atoms with van der Waals surface area (Å²) >= 11 is 0. The fraction of sp³-hybridized carbons (Fsp3) is 0.636. The first-order valence-corrected chi connectivity index (χ1v) is 4.82. The summed E-state index contributed by atoms with van der Waals surface area (Å²) in [6.45, 7) is 2.07. The lowest BCUT2D eigenvalue weighted by molar-refractivity contribution is -0.114. The molecule has 2 atom stereocenters. The summed E-state index contributed by atoms with van der Waals surface area (Å²) in [5.41, 5.74) is 0.815. The number of hydrogen-bond donors (Lipinski definition) is 0. The highest BCUT2D eigenvalue weighted by atomic mass is 16.1. The highest BCUT2D eigenvalue weighted by molar-refractivity contribution is 6.00. The third-order valence-corrected chi connectivity index (χ3v) is 3.48. The van der Waals surface area contributed by atoms with E-state index in [-0.39, 0.29) is 17.1 Å². The lowest BCUT2D eigenvalue weighted by atomic mass is 9.71. The standard InChI is InChI=1S/C11H13NO/c1-11-5-3-2-4-9(11)10(13)6-8(11)7-12/h4,8H,2-3,5-6H2,1H3/t8-,11-/m1/s1. The Morgan fingerprint density at radius 2 is 2.46 bits per heavy atom. The highest BCUT2D eigenvalue weighted by Gasteiger charge is 2.48. The first-order chi connectivity index (χ1) is 6.18. The zero-order valence-corrected chi connectivity index (χ0v) is 7.84. The van der Waals surface area contributed by atoms with E-state index in [0.29, 0.717) is 6.42 Å². The molecule has 2 aliphatic carbocycles. The second-order valence-corrected chi connectivity index (χ2v) is 4.24. The molecule has 0 radical (unpaired) electrons. The number of rotatable bonds is 0. The third-order valence-electron chi connectivity index (χ3n) is 3.48. The average Bonchev–Trinajstić information content (AvgIpc) is 2.38. The van der Waals surface area contributed by atoms with Gasteiger partial charge in [-0.15, -0.1) is 0 Å². The molecule has 2 rings (SSSR count). The van der Waals surface area contributed by atoms with E-state index < -0.39 is 0 Å². The number of carbonyl (C=O) groups excluding carboxylic acids is 1. The Kier molecular flexibility index (Phi) is 1.76. The molecule has 0 unspecified atom stereocenters. The number of hydrogen-bond acceptors (Lipinski definition) is 2. The van der Waals surface area contributed by atoms with Crippen LogP contribution in [-0.2, 0) is 4.79 Å². The van der Waals surface area contributed by atoms with E-state index in [0.717, 1.165) is 24.8 Å². The van der Waals surface area contributed by atoms with Crippen molar-refractivity contribution in [1.82, 2.24) is 0 Å². The molecule has 0 amide bonds. The fourth-order valence-electron chi connectivity index (χ4n) is 2.59. The zero-order chi connectivity index (χ0) is 9.47. The highest BCUT2D eigenvalue weighted by Crippen LogP contribution is 2.50. The van der Waals surface area contributed by atoms with Gasteiger partial charge in [0.05, 0.1) is 12.0 Å². The average molecular weight is 175 g/mol. The van der Waals surface area contributed by atoms with Crippen LogP contribution in [0.5, 0.6) is 0 Å². The molecule has 0 aromatic rings. The first kappa shape index (κ1) is 8.50. The molecule has 0 heterocycles. The van der Waals surface area contributed by atoms with Gasteiger partial charge in [0.15, 0.2) is 5.78 Å². The van der Waals surface area contributed by atoms with Crippen molar-refractivity contribution in [2.24, 2.45) is 11.3 Å². The Bertz CT molecular complexity index is 323. The molecule has 68 valence electrons. The largest absolute Gasteiger partial charge is 0.294 e. The van der Waals surface area contributed by atoms with Gasteiger partial charge in [-0.05, 0) is 24.8 Å². The zero-order valence-electron chi connectivity index (χ0n) is 7.84. The summed E-state index contributed by atoms with van der Waals surface area (Å²) in [5.74, 6) is 0.125. The van der Waals surface area contributed by atoms with Gasteiger partial charge in [0.25, 0.3) is 0 Å². The van der Waals surface area contributed by atoms with E-state index in [4.69, 9.17) is 5.26 Å². The monoisotopic (exact) mass is 175 g/mol. The number of nitriles is 1. The summed E-state index contributed by atoms with van der Waals surface area (Å²) in [4.78, 5) is 11.6. The lowest BCUT2D eigenvalue weighted by Gasteiger charge is -2.31. The van der Waals surface area contributed by atoms with E-state index in [1.807, 2.05) is 6.08 Å². The van der Waals surface area contributed by atoms with Crippen LogP contribution in [0.1, 0.15) is 32.6 Å². The van der Waals surface area contributed by atoms with Crippen LogP contribution in [0.25, 0.3) is 0 Å². The van der Waals surface area contributed by atoms with Gasteiger partial charge in [0, 0.05) is 11.8 Å². The minimum Gasteiger partial charge on any atom is -0.294 e. The molecule has 0 saturated heterocycles. The Hall–Kier alpha value is -1.10. The molecule has 2 nitrogen and oxygen atoms in total. The molecular weight excluding hydrogens is 162 g/mol. The minimum absolute atomic E-state index is 0.0773. The topological polar surface area (TPSA) is 40.9 Å². The van der Waals surface area contributed by atoms with Gasteiger partial charge >= 0.3 is 0 Å². The summed E-state index contributed by atoms with van der Waals surface area (Å²) in [6, 6.07) is 2.27. The smallest absolute Gasteiger partial charge is 0.160 e. The van der Waals surface area contributed by atoms with Crippen LogP contribution >= 0.6 is 0 Å². The molecular formula is C11H13NO. The van der Waals surface area contributed by atoms with Crippen LogP contribution in [0.3, 0.4) is 0 Å². The summed E-state index contributed by atoms with van der Waals surface area (Å²) in [6.07, 6.45) is 5.62. The molecule has 0 N–H and O–H groups in total. The Labute approximate surface area is 78.2 Å². The van der Waals surface area contributed by atoms with Crippen LogP contribution < -0.4 is 0 Å². The van der Waals surface area contributed by atoms with Crippen molar-refractivity contribution in [3.8, 4) is 6.07 Å². The second-order valence-electron chi connectivity index (χ2n) is 4.24. The third kappa shape index (κ3) is 1.03. The van der Waals surface area contributed by atoms with Crippen molar-refractivity contribution < 1.29 is 4.79 Å². The normalized spacial score (nSPS) is 38.0. The van der Waals surface area contributed by atoms with E-state index >= 15 is 0 Å². The number of Topliss-reactive ketones (excluding diaryl/α,β-unsaturated/α-hetero) is 1. The van der Waals surface area contributed by atoms with Crippen molar-refractivity contribution in [3.63, 3.8) is 0 Å². The van der Waals surface area contributed by atoms with Gasteiger partial charge in [-0.1, -0.05) is 13.0 Å². The number of fused-ring (bicyclic) bond motifs is 1. The molecule has 0 bridgehead atoms. The number of nitrogens with zero attached hydrogens (tertiary/aromatic N) is 1. The Balaban J connectivity index is 2.45. The molecule has 2 aliphatic rings. The van der Waals surface area contributed by atoms with Crippen LogP contribution in [0.4, 0.5) is 0 Å². The van der Waals surface area contributed by atoms with Crippen molar-refractivity contribution >= 4 is 5.78 Å². The molecule has 13 heavy (non-hydrogen) atoms. The van der Waals surface area contributed by atoms with Crippen molar-refractivity contribution in [1.29, 1.82) is 5.26 Å². The van der Waals surface area contributed by atoms with E-state index in [2.05, 4.69) is 13.0 Å². The SMILES string of the molecule is C[C@]12CCCC=C1C(=O)C[C@@H]2C#N. The van der Waals surface area contributed by atoms with Gasteiger partial charge in [-0.3, -0.25) is 4.79 Å². The Morgan fingerprint density at radius 1 is 1.69 bits per heavy atom. The van der Waals surface area contributed by atoms with Gasteiger partial charge in [-0.2, -0.15) is 5.26 Å². The van der Waals surface area contributed by atoms with Crippen LogP contribution in [0, 0.1) is 22.7 Å². The quantitative estimate of drug-likeness (QED) is 0.566. The Morgan fingerprint density at radius 3 is 3.15 bits per heavy atom. The number of ketones is 1. The molecule has 1 fully saturated rings. The molecule has 0 aromatic heterocycles. The summed E-state index contributed by atoms with van der Waals surface area (Å²) in [7, 11) is 0. The maximum atomic E-state index is 11.6. The van der Waals surface area contributed by atoms with Crippen LogP contribution in [0.2, 0.25) is 0 Å². The predicted octanol–water partition coefficient (Wildman–Crippen LogP) is 2.22. The molecule has 0 spiro atoms. The molecule has 2 heteroatoms. The number of carbonyl (C=O) groups is 1. The van der Waals surface area contributed by atoms with Gasteiger partial charge < -0.3 is 0 Å². The molecule has 0 aliphatic heterocycles. The molecule has 0 aromatic carbocycles. The number of allylic oxidation sites excluding steroid dienone is 2. The first-order valence-electron chi connectivity index (χ1n) is 4.82.